The van der Waals surface area contributed by atoms with Crippen LogP contribution in [-0.2, 0) is 11.3 Å². The van der Waals surface area contributed by atoms with Crippen LogP contribution >= 0.6 is 46.6 Å². The molecule has 3 rings (SSSR count). The van der Waals surface area contributed by atoms with Crippen LogP contribution in [0.15, 0.2) is 41.3 Å². The first-order valence-corrected chi connectivity index (χ1v) is 9.95. The van der Waals surface area contributed by atoms with Crippen molar-refractivity contribution in [1.82, 2.24) is 4.90 Å². The second-order valence-corrected chi connectivity index (χ2v) is 7.89. The molecule has 0 unspecified atom stereocenters. The Morgan fingerprint density at radius 2 is 1.78 bits per heavy atom. The van der Waals surface area contributed by atoms with E-state index in [1.807, 2.05) is 6.92 Å². The van der Waals surface area contributed by atoms with Gasteiger partial charge in [0.25, 0.3) is 11.1 Å². The smallest absolute Gasteiger partial charge is 0.293 e. The quantitative estimate of drug-likeness (QED) is 0.511. The van der Waals surface area contributed by atoms with Crippen LogP contribution in [0.1, 0.15) is 18.1 Å². The first-order chi connectivity index (χ1) is 12.9. The van der Waals surface area contributed by atoms with Crippen LogP contribution in [0, 0.1) is 0 Å². The average Bonchev–Trinajstić information content (AvgIpc) is 2.87. The number of ether oxygens (including phenoxy) is 1. The monoisotopic (exact) mass is 441 g/mol. The Labute approximate surface area is 176 Å². The van der Waals surface area contributed by atoms with Crippen molar-refractivity contribution in [3.8, 4) is 5.75 Å². The summed E-state index contributed by atoms with van der Waals surface area (Å²) >= 11 is 19.0. The Morgan fingerprint density at radius 1 is 1.07 bits per heavy atom. The highest BCUT2D eigenvalue weighted by atomic mass is 35.5. The van der Waals surface area contributed by atoms with Gasteiger partial charge in [0, 0.05) is 20.6 Å². The molecule has 1 aliphatic rings. The first-order valence-electron chi connectivity index (χ1n) is 8.00. The van der Waals surface area contributed by atoms with E-state index in [2.05, 4.69) is 0 Å². The van der Waals surface area contributed by atoms with Crippen LogP contribution in [-0.4, -0.2) is 22.7 Å². The van der Waals surface area contributed by atoms with Crippen molar-refractivity contribution in [3.63, 3.8) is 0 Å². The van der Waals surface area contributed by atoms with Crippen molar-refractivity contribution < 1.29 is 14.3 Å². The summed E-state index contributed by atoms with van der Waals surface area (Å²) in [5.41, 5.74) is 1.28. The molecule has 0 aromatic heterocycles. The molecule has 0 radical (unpaired) electrons. The maximum Gasteiger partial charge on any atom is 0.293 e. The minimum Gasteiger partial charge on any atom is -0.493 e. The summed E-state index contributed by atoms with van der Waals surface area (Å²) in [5.74, 6) is 0.202. The SMILES string of the molecule is CCOc1ccc(Cl)cc1/C=C1/SC(=O)N(Cc2ccc(Cl)cc2Cl)C1=O. The molecule has 1 fully saturated rings. The lowest BCUT2D eigenvalue weighted by molar-refractivity contribution is -0.123. The molecule has 0 saturated carbocycles. The second kappa shape index (κ2) is 8.57. The number of imide groups is 1. The summed E-state index contributed by atoms with van der Waals surface area (Å²) in [6.45, 7) is 2.41. The molecule has 1 aliphatic heterocycles. The zero-order chi connectivity index (χ0) is 19.6. The summed E-state index contributed by atoms with van der Waals surface area (Å²) in [7, 11) is 0. The molecule has 1 saturated heterocycles. The van der Waals surface area contributed by atoms with Gasteiger partial charge in [-0.15, -0.1) is 0 Å². The van der Waals surface area contributed by atoms with E-state index in [1.165, 1.54) is 0 Å². The fourth-order valence-electron chi connectivity index (χ4n) is 2.52. The van der Waals surface area contributed by atoms with E-state index in [9.17, 15) is 9.59 Å². The molecule has 1 heterocycles. The minimum absolute atomic E-state index is 0.0753. The predicted octanol–water partition coefficient (Wildman–Crippen LogP) is 6.28. The van der Waals surface area contributed by atoms with Crippen LogP contribution in [0.3, 0.4) is 0 Å². The van der Waals surface area contributed by atoms with E-state index < -0.39 is 5.91 Å². The predicted molar refractivity (Wildman–Crippen MR) is 111 cm³/mol. The fraction of sp³-hybridized carbons (Fsp3) is 0.158. The van der Waals surface area contributed by atoms with Crippen LogP contribution in [0.4, 0.5) is 4.79 Å². The number of benzene rings is 2. The molecule has 8 heteroatoms. The van der Waals surface area contributed by atoms with Gasteiger partial charge >= 0.3 is 0 Å². The number of halogens is 3. The lowest BCUT2D eigenvalue weighted by Gasteiger charge is -2.13. The topological polar surface area (TPSA) is 46.6 Å². The van der Waals surface area contributed by atoms with Crippen molar-refractivity contribution in [2.45, 2.75) is 13.5 Å². The Balaban J connectivity index is 1.88. The standard InChI is InChI=1S/C19H14Cl3NO3S/c1-2-26-16-6-5-13(20)7-12(16)8-17-18(24)23(19(25)27-17)10-11-3-4-14(21)9-15(11)22/h3-9H,2,10H2,1H3/b17-8+. The van der Waals surface area contributed by atoms with Gasteiger partial charge in [-0.2, -0.15) is 0 Å². The molecule has 2 aromatic rings. The minimum atomic E-state index is -0.390. The van der Waals surface area contributed by atoms with Gasteiger partial charge in [-0.05, 0) is 60.7 Å². The highest BCUT2D eigenvalue weighted by Crippen LogP contribution is 2.36. The zero-order valence-electron chi connectivity index (χ0n) is 14.2. The lowest BCUT2D eigenvalue weighted by atomic mass is 10.1. The number of carbonyl (C=O) groups is 2. The van der Waals surface area contributed by atoms with Gasteiger partial charge in [0.15, 0.2) is 0 Å². The van der Waals surface area contributed by atoms with E-state index >= 15 is 0 Å². The molecule has 0 spiro atoms. The molecular formula is C19H14Cl3NO3S. The van der Waals surface area contributed by atoms with Gasteiger partial charge in [0.05, 0.1) is 18.1 Å². The average molecular weight is 443 g/mol. The first kappa shape index (κ1) is 20.1. The normalized spacial score (nSPS) is 15.7. The summed E-state index contributed by atoms with van der Waals surface area (Å²) in [6.07, 6.45) is 1.62. The van der Waals surface area contributed by atoms with Crippen molar-refractivity contribution in [3.05, 3.63) is 67.5 Å². The number of carbonyl (C=O) groups excluding carboxylic acids is 2. The summed E-state index contributed by atoms with van der Waals surface area (Å²) in [6, 6.07) is 10.1. The molecule has 0 N–H and O–H groups in total. The third-order valence-electron chi connectivity index (χ3n) is 3.78. The largest absolute Gasteiger partial charge is 0.493 e. The van der Waals surface area contributed by atoms with Gasteiger partial charge in [-0.25, -0.2) is 0 Å². The van der Waals surface area contributed by atoms with E-state index in [-0.39, 0.29) is 11.8 Å². The van der Waals surface area contributed by atoms with E-state index in [0.717, 1.165) is 16.7 Å². The number of amides is 2. The highest BCUT2D eigenvalue weighted by Gasteiger charge is 2.35. The maximum absolute atomic E-state index is 12.7. The zero-order valence-corrected chi connectivity index (χ0v) is 17.3. The number of hydrogen-bond acceptors (Lipinski definition) is 4. The van der Waals surface area contributed by atoms with Crippen LogP contribution in [0.2, 0.25) is 15.1 Å². The van der Waals surface area contributed by atoms with Gasteiger partial charge in [-0.3, -0.25) is 14.5 Å². The molecule has 2 aromatic carbocycles. The van der Waals surface area contributed by atoms with Gasteiger partial charge in [0.2, 0.25) is 0 Å². The maximum atomic E-state index is 12.7. The molecule has 0 bridgehead atoms. The van der Waals surface area contributed by atoms with Crippen molar-refractivity contribution >= 4 is 63.8 Å². The summed E-state index contributed by atoms with van der Waals surface area (Å²) < 4.78 is 5.56. The third kappa shape index (κ3) is 4.61. The van der Waals surface area contributed by atoms with Crippen LogP contribution in [0.5, 0.6) is 5.75 Å². The Bertz CT molecular complexity index is 946. The second-order valence-electron chi connectivity index (χ2n) is 5.62. The number of rotatable bonds is 5. The van der Waals surface area contributed by atoms with Crippen molar-refractivity contribution in [2.24, 2.45) is 0 Å². The van der Waals surface area contributed by atoms with Crippen LogP contribution < -0.4 is 4.74 Å². The van der Waals surface area contributed by atoms with Crippen molar-refractivity contribution in [2.75, 3.05) is 6.61 Å². The van der Waals surface area contributed by atoms with Crippen molar-refractivity contribution in [1.29, 1.82) is 0 Å². The summed E-state index contributed by atoms with van der Waals surface area (Å²) in [5, 5.41) is 1.04. The third-order valence-corrected chi connectivity index (χ3v) is 5.50. The molecular weight excluding hydrogens is 429 g/mol. The number of thioether (sulfide) groups is 1. The molecule has 0 aliphatic carbocycles. The van der Waals surface area contributed by atoms with Gasteiger partial charge < -0.3 is 4.74 Å². The Morgan fingerprint density at radius 3 is 2.48 bits per heavy atom. The number of nitrogens with zero attached hydrogens (tertiary/aromatic N) is 1. The van der Waals surface area contributed by atoms with Gasteiger partial charge in [0.1, 0.15) is 5.75 Å². The molecule has 0 atom stereocenters. The van der Waals surface area contributed by atoms with E-state index in [0.29, 0.717) is 43.5 Å². The molecule has 2 amide bonds. The molecule has 4 nitrogen and oxygen atoms in total. The van der Waals surface area contributed by atoms with E-state index in [4.69, 9.17) is 39.5 Å². The fourth-order valence-corrected chi connectivity index (χ4v) is 3.99. The summed E-state index contributed by atoms with van der Waals surface area (Å²) in [4.78, 5) is 26.5. The Kier molecular flexibility index (Phi) is 6.37. The Hall–Kier alpha value is -1.66. The molecule has 140 valence electrons. The highest BCUT2D eigenvalue weighted by molar-refractivity contribution is 8.18. The molecule has 27 heavy (non-hydrogen) atoms. The number of hydrogen-bond donors (Lipinski definition) is 0. The lowest BCUT2D eigenvalue weighted by Crippen LogP contribution is -2.27. The van der Waals surface area contributed by atoms with Gasteiger partial charge in [-0.1, -0.05) is 40.9 Å². The van der Waals surface area contributed by atoms with Crippen LogP contribution in [0.25, 0.3) is 6.08 Å². The van der Waals surface area contributed by atoms with E-state index in [1.54, 1.807) is 42.5 Å².